The van der Waals surface area contributed by atoms with E-state index in [2.05, 4.69) is 43.9 Å². The van der Waals surface area contributed by atoms with E-state index in [9.17, 15) is 5.11 Å². The van der Waals surface area contributed by atoms with Crippen LogP contribution in [-0.4, -0.2) is 38.9 Å². The molecule has 0 amide bonds. The highest BCUT2D eigenvalue weighted by atomic mass is 127. The monoisotopic (exact) mass is 482 g/mol. The molecule has 1 aromatic carbocycles. The van der Waals surface area contributed by atoms with Crippen LogP contribution in [0.25, 0.3) is 10.9 Å². The van der Waals surface area contributed by atoms with Gasteiger partial charge in [-0.2, -0.15) is 5.10 Å². The summed E-state index contributed by atoms with van der Waals surface area (Å²) < 4.78 is 1.68. The van der Waals surface area contributed by atoms with Gasteiger partial charge in [-0.05, 0) is 31.4 Å². The van der Waals surface area contributed by atoms with Gasteiger partial charge in [-0.3, -0.25) is 4.68 Å². The third-order valence-electron chi connectivity index (χ3n) is 4.26. The number of rotatable bonds is 6. The van der Waals surface area contributed by atoms with Crippen LogP contribution >= 0.6 is 24.0 Å². The number of halogens is 1. The first kappa shape index (κ1) is 21.2. The lowest BCUT2D eigenvalue weighted by molar-refractivity contribution is 0.0616. The highest BCUT2D eigenvalue weighted by Crippen LogP contribution is 2.18. The lowest BCUT2D eigenvalue weighted by Gasteiger charge is -2.23. The molecule has 8 heteroatoms. The minimum absolute atomic E-state index is 0. The number of aromatic nitrogens is 3. The van der Waals surface area contributed by atoms with Crippen molar-refractivity contribution in [2.75, 3.05) is 13.1 Å². The van der Waals surface area contributed by atoms with Crippen molar-refractivity contribution >= 4 is 40.8 Å². The topological polar surface area (TPSA) is 90.3 Å². The number of hydrogen-bond acceptors (Lipinski definition) is 3. The lowest BCUT2D eigenvalue weighted by Crippen LogP contribution is -2.44. The first-order valence-electron chi connectivity index (χ1n) is 8.78. The van der Waals surface area contributed by atoms with Crippen LogP contribution in [0, 0.1) is 0 Å². The van der Waals surface area contributed by atoms with E-state index in [0.29, 0.717) is 19.0 Å². The predicted octanol–water partition coefficient (Wildman–Crippen LogP) is 2.48. The molecule has 7 nitrogen and oxygen atoms in total. The number of para-hydroxylation sites is 1. The number of hydrogen-bond donors (Lipinski definition) is 4. The highest BCUT2D eigenvalue weighted by Gasteiger charge is 2.24. The fourth-order valence-electron chi connectivity index (χ4n) is 2.78. The molecule has 27 heavy (non-hydrogen) atoms. The van der Waals surface area contributed by atoms with Crippen LogP contribution in [0.15, 0.2) is 47.7 Å². The smallest absolute Gasteiger partial charge is 0.191 e. The van der Waals surface area contributed by atoms with E-state index in [-0.39, 0.29) is 24.0 Å². The van der Waals surface area contributed by atoms with Gasteiger partial charge in [0, 0.05) is 36.6 Å². The molecule has 0 aliphatic rings. The van der Waals surface area contributed by atoms with Gasteiger partial charge in [0.2, 0.25) is 0 Å². The number of aliphatic hydroxyl groups is 1. The van der Waals surface area contributed by atoms with Gasteiger partial charge in [0.05, 0.1) is 19.3 Å². The molecule has 2 heterocycles. The molecule has 4 N–H and O–H groups in total. The molecular formula is C19H27IN6O. The molecule has 0 aliphatic heterocycles. The Bertz CT molecular complexity index is 865. The van der Waals surface area contributed by atoms with Gasteiger partial charge in [0.15, 0.2) is 5.96 Å². The molecule has 3 rings (SSSR count). The summed E-state index contributed by atoms with van der Waals surface area (Å²) in [6.07, 6.45) is 3.49. The molecule has 1 atom stereocenters. The third-order valence-corrected chi connectivity index (χ3v) is 4.26. The van der Waals surface area contributed by atoms with Gasteiger partial charge in [-0.15, -0.1) is 24.0 Å². The second-order valence-corrected chi connectivity index (χ2v) is 6.61. The maximum atomic E-state index is 10.7. The number of benzene rings is 1. The van der Waals surface area contributed by atoms with E-state index in [4.69, 9.17) is 0 Å². The van der Waals surface area contributed by atoms with Gasteiger partial charge in [-0.1, -0.05) is 18.2 Å². The van der Waals surface area contributed by atoms with E-state index >= 15 is 0 Å². The van der Waals surface area contributed by atoms with Crippen LogP contribution in [0.5, 0.6) is 0 Å². The van der Waals surface area contributed by atoms with Crippen LogP contribution in [0.4, 0.5) is 0 Å². The zero-order valence-corrected chi connectivity index (χ0v) is 18.2. The van der Waals surface area contributed by atoms with Gasteiger partial charge in [0.1, 0.15) is 5.60 Å². The predicted molar refractivity (Wildman–Crippen MR) is 119 cm³/mol. The van der Waals surface area contributed by atoms with Crippen LogP contribution in [0.3, 0.4) is 0 Å². The Morgan fingerprint density at radius 1 is 1.33 bits per heavy atom. The van der Waals surface area contributed by atoms with E-state index in [1.807, 2.05) is 32.3 Å². The van der Waals surface area contributed by atoms with Gasteiger partial charge in [0.25, 0.3) is 0 Å². The summed E-state index contributed by atoms with van der Waals surface area (Å²) >= 11 is 0. The average molecular weight is 482 g/mol. The summed E-state index contributed by atoms with van der Waals surface area (Å²) in [6.45, 7) is 5.38. The molecule has 0 saturated heterocycles. The number of aliphatic imine (C=N–C) groups is 1. The fraction of sp³-hybridized carbons (Fsp3) is 0.368. The standard InChI is InChI=1S/C19H26N6O.HI/c1-4-20-18(22-13-19(2,26)15-10-23-25(3)12-15)21-11-16-9-14-7-5-6-8-17(14)24-16;/h5-10,12,24,26H,4,11,13H2,1-3H3,(H2,20,21,22);1H. The Kier molecular flexibility index (Phi) is 7.25. The van der Waals surface area contributed by atoms with Crippen LogP contribution in [-0.2, 0) is 19.2 Å². The number of aryl methyl sites for hydroxylation is 1. The van der Waals surface area contributed by atoms with Crippen molar-refractivity contribution in [3.63, 3.8) is 0 Å². The Morgan fingerprint density at radius 2 is 2.11 bits per heavy atom. The molecular weight excluding hydrogens is 455 g/mol. The molecule has 0 aliphatic carbocycles. The number of H-pyrrole nitrogens is 1. The molecule has 3 aromatic rings. The summed E-state index contributed by atoms with van der Waals surface area (Å²) in [7, 11) is 1.83. The maximum absolute atomic E-state index is 10.7. The number of nitrogens with one attached hydrogen (secondary N) is 3. The van der Waals surface area contributed by atoms with Crippen molar-refractivity contribution < 1.29 is 5.11 Å². The van der Waals surface area contributed by atoms with Crippen molar-refractivity contribution in [1.82, 2.24) is 25.4 Å². The first-order chi connectivity index (χ1) is 12.5. The second-order valence-electron chi connectivity index (χ2n) is 6.61. The summed E-state index contributed by atoms with van der Waals surface area (Å²) in [6, 6.07) is 10.3. The minimum atomic E-state index is -1.04. The maximum Gasteiger partial charge on any atom is 0.191 e. The highest BCUT2D eigenvalue weighted by molar-refractivity contribution is 14.0. The largest absolute Gasteiger partial charge is 0.383 e. The first-order valence-corrected chi connectivity index (χ1v) is 8.78. The number of guanidine groups is 1. The lowest BCUT2D eigenvalue weighted by atomic mass is 10.00. The zero-order valence-electron chi connectivity index (χ0n) is 15.9. The minimum Gasteiger partial charge on any atom is -0.383 e. The molecule has 0 spiro atoms. The van der Waals surface area contributed by atoms with Crippen molar-refractivity contribution in [3.8, 4) is 0 Å². The molecule has 1 unspecified atom stereocenters. The van der Waals surface area contributed by atoms with Gasteiger partial charge >= 0.3 is 0 Å². The zero-order chi connectivity index (χ0) is 18.6. The quantitative estimate of drug-likeness (QED) is 0.247. The number of nitrogens with zero attached hydrogens (tertiary/aromatic N) is 3. The summed E-state index contributed by atoms with van der Waals surface area (Å²) in [5, 5.41) is 22.4. The SMILES string of the molecule is CCNC(=NCc1cc2ccccc2[nH]1)NCC(C)(O)c1cnn(C)c1.I. The van der Waals surface area contributed by atoms with E-state index in [1.165, 1.54) is 5.39 Å². The van der Waals surface area contributed by atoms with Crippen molar-refractivity contribution in [1.29, 1.82) is 0 Å². The Balaban J connectivity index is 0.00000261. The van der Waals surface area contributed by atoms with Gasteiger partial charge < -0.3 is 20.7 Å². The Hall–Kier alpha value is -2.07. The van der Waals surface area contributed by atoms with Crippen LogP contribution in [0.1, 0.15) is 25.1 Å². The molecule has 0 fully saturated rings. The molecule has 0 bridgehead atoms. The van der Waals surface area contributed by atoms with E-state index < -0.39 is 5.60 Å². The summed E-state index contributed by atoms with van der Waals surface area (Å²) in [5.74, 6) is 0.662. The second kappa shape index (κ2) is 9.23. The van der Waals surface area contributed by atoms with Crippen LogP contribution in [0.2, 0.25) is 0 Å². The summed E-state index contributed by atoms with van der Waals surface area (Å²) in [4.78, 5) is 7.98. The third kappa shape index (κ3) is 5.46. The Morgan fingerprint density at radius 3 is 2.78 bits per heavy atom. The van der Waals surface area contributed by atoms with E-state index in [0.717, 1.165) is 23.3 Å². The van der Waals surface area contributed by atoms with Crippen molar-refractivity contribution in [3.05, 3.63) is 54.0 Å². The summed E-state index contributed by atoms with van der Waals surface area (Å²) in [5.41, 5.74) is 1.88. The number of fused-ring (bicyclic) bond motifs is 1. The molecule has 0 radical (unpaired) electrons. The number of aromatic amines is 1. The molecule has 2 aromatic heterocycles. The Labute approximate surface area is 176 Å². The van der Waals surface area contributed by atoms with Crippen molar-refractivity contribution in [2.24, 2.45) is 12.0 Å². The fourth-order valence-corrected chi connectivity index (χ4v) is 2.78. The molecule has 146 valence electrons. The van der Waals surface area contributed by atoms with E-state index in [1.54, 1.807) is 17.8 Å². The van der Waals surface area contributed by atoms with Gasteiger partial charge in [-0.25, -0.2) is 4.99 Å². The van der Waals surface area contributed by atoms with Crippen LogP contribution < -0.4 is 10.6 Å². The normalized spacial score (nSPS) is 13.9. The average Bonchev–Trinajstić information content (AvgIpc) is 3.23. The van der Waals surface area contributed by atoms with Crippen molar-refractivity contribution in [2.45, 2.75) is 26.0 Å². The molecule has 0 saturated carbocycles.